The number of pyridine rings is 2. The summed E-state index contributed by atoms with van der Waals surface area (Å²) in [5.74, 6) is -0.130. The lowest BCUT2D eigenvalue weighted by atomic mass is 10.2. The fraction of sp³-hybridized carbons (Fsp3) is 0.143. The zero-order chi connectivity index (χ0) is 49.6. The minimum Gasteiger partial charge on any atom is -0.462 e. The second-order valence-corrected chi connectivity index (χ2v) is 18.3. The molecule has 0 aliphatic heterocycles. The Hall–Kier alpha value is -7.11. The highest BCUT2D eigenvalue weighted by atomic mass is 35.7. The van der Waals surface area contributed by atoms with Gasteiger partial charge in [0.05, 0.1) is 55.3 Å². The fourth-order valence-electron chi connectivity index (χ4n) is 5.37. The molecule has 3 N–H and O–H groups in total. The number of nitrogens with one attached hydrogen (secondary N) is 1. The Morgan fingerprint density at radius 2 is 1.10 bits per heavy atom. The van der Waals surface area contributed by atoms with Crippen LogP contribution >= 0.6 is 33.9 Å². The van der Waals surface area contributed by atoms with Crippen LogP contribution < -0.4 is 19.9 Å². The van der Waals surface area contributed by atoms with Crippen LogP contribution in [0.15, 0.2) is 120 Å². The van der Waals surface area contributed by atoms with Gasteiger partial charge in [0.25, 0.3) is 30.4 Å². The van der Waals surface area contributed by atoms with Crippen molar-refractivity contribution in [2.24, 2.45) is 0 Å². The number of nitrogens with zero attached hydrogens (tertiary/aromatic N) is 4. The minimum absolute atomic E-state index is 0.0283. The molecule has 4 aromatic carbocycles. The number of nitrogens with two attached hydrogens (primary N) is 1. The SMILES string of the molecule is CCOC(=O)c1cc(N)ccc1Oc1cncc(Cl)c1.CCOC(=O)c1cc(NS(=O)(=O)c2cc([N+](=O)[O-])ccc2C)ccc1Oc1cncc(Cl)c1.Cc1ccc([N+](=O)[O-])cc1S(=O)(=O)Cl. The van der Waals surface area contributed by atoms with Crippen LogP contribution in [-0.2, 0) is 28.5 Å². The lowest BCUT2D eigenvalue weighted by Gasteiger charge is -2.14. The minimum atomic E-state index is -4.21. The number of rotatable bonds is 14. The number of hydrogen-bond acceptors (Lipinski definition) is 17. The van der Waals surface area contributed by atoms with Crippen LogP contribution in [0.25, 0.3) is 0 Å². The highest BCUT2D eigenvalue weighted by Crippen LogP contribution is 2.32. The molecule has 352 valence electrons. The van der Waals surface area contributed by atoms with E-state index in [1.165, 1.54) is 93.2 Å². The van der Waals surface area contributed by atoms with Crippen LogP contribution in [0.4, 0.5) is 22.7 Å². The first kappa shape index (κ1) is 52.5. The van der Waals surface area contributed by atoms with Crippen molar-refractivity contribution in [1.82, 2.24) is 9.97 Å². The topological polar surface area (TPSA) is 289 Å². The van der Waals surface area contributed by atoms with Crippen molar-refractivity contribution < 1.29 is 55.2 Å². The second kappa shape index (κ2) is 23.4. The molecule has 6 rings (SSSR count). The van der Waals surface area contributed by atoms with Gasteiger partial charge in [-0.2, -0.15) is 0 Å². The average molecular weight is 1020 g/mol. The number of aryl methyl sites for hydroxylation is 2. The van der Waals surface area contributed by atoms with Crippen molar-refractivity contribution in [3.05, 3.63) is 162 Å². The van der Waals surface area contributed by atoms with E-state index in [1.54, 1.807) is 32.0 Å². The fourth-order valence-corrected chi connectivity index (χ4v) is 8.23. The lowest BCUT2D eigenvalue weighted by molar-refractivity contribution is -0.385. The monoisotopic (exact) mass is 1020 g/mol. The molecular formula is C42H37Cl3N6O14S2. The van der Waals surface area contributed by atoms with Crippen molar-refractivity contribution in [3.8, 4) is 23.0 Å². The number of esters is 2. The number of nitro groups is 2. The van der Waals surface area contributed by atoms with Gasteiger partial charge in [-0.3, -0.25) is 34.9 Å². The quantitative estimate of drug-likeness (QED) is 0.0337. The van der Waals surface area contributed by atoms with E-state index in [4.69, 9.17) is 58.6 Å². The van der Waals surface area contributed by atoms with E-state index in [1.807, 2.05) is 0 Å². The molecule has 0 aliphatic rings. The number of nitro benzene ring substituents is 2. The number of anilines is 2. The van der Waals surface area contributed by atoms with Crippen molar-refractivity contribution in [3.63, 3.8) is 0 Å². The molecule has 2 heterocycles. The van der Waals surface area contributed by atoms with Gasteiger partial charge in [-0.25, -0.2) is 26.4 Å². The summed E-state index contributed by atoms with van der Waals surface area (Å²) in [5, 5.41) is 22.2. The van der Waals surface area contributed by atoms with Gasteiger partial charge in [-0.15, -0.1) is 0 Å². The molecular weight excluding hydrogens is 983 g/mol. The van der Waals surface area contributed by atoms with Gasteiger partial charge < -0.3 is 24.7 Å². The molecule has 6 aromatic rings. The Morgan fingerprint density at radius 1 is 0.657 bits per heavy atom. The van der Waals surface area contributed by atoms with E-state index in [9.17, 15) is 46.7 Å². The first-order valence-corrected chi connectivity index (χ1v) is 23.5. The number of benzene rings is 4. The van der Waals surface area contributed by atoms with Crippen molar-refractivity contribution in [2.45, 2.75) is 37.5 Å². The van der Waals surface area contributed by atoms with Crippen molar-refractivity contribution >= 4 is 87.6 Å². The Morgan fingerprint density at radius 3 is 1.55 bits per heavy atom. The predicted molar refractivity (Wildman–Crippen MR) is 247 cm³/mol. The van der Waals surface area contributed by atoms with Gasteiger partial charge in [0.1, 0.15) is 34.1 Å². The normalized spacial score (nSPS) is 10.8. The summed E-state index contributed by atoms with van der Waals surface area (Å²) in [7, 11) is -3.04. The van der Waals surface area contributed by atoms with E-state index < -0.39 is 40.9 Å². The molecule has 0 amide bonds. The predicted octanol–water partition coefficient (Wildman–Crippen LogP) is 9.84. The summed E-state index contributed by atoms with van der Waals surface area (Å²) in [4.78, 5) is 51.7. The molecule has 0 bridgehead atoms. The molecule has 25 heteroatoms. The first-order chi connectivity index (χ1) is 31.5. The van der Waals surface area contributed by atoms with Crippen LogP contribution in [-0.4, -0.2) is 61.8 Å². The molecule has 0 radical (unpaired) electrons. The maximum Gasteiger partial charge on any atom is 0.342 e. The number of sulfonamides is 1. The zero-order valence-electron chi connectivity index (χ0n) is 35.3. The van der Waals surface area contributed by atoms with Crippen LogP contribution in [0.1, 0.15) is 45.7 Å². The number of carbonyl (C=O) groups excluding carboxylic acids is 2. The number of hydrogen-bond donors (Lipinski definition) is 2. The summed E-state index contributed by atoms with van der Waals surface area (Å²) < 4.78 is 71.4. The number of nitrogen functional groups attached to an aromatic ring is 1. The molecule has 0 saturated heterocycles. The Bertz CT molecular complexity index is 3050. The highest BCUT2D eigenvalue weighted by Gasteiger charge is 2.23. The molecule has 0 saturated carbocycles. The molecule has 0 spiro atoms. The standard InChI is InChI=1S/C21H18ClN3O7S.C14H13ClN2O3.C7H6ClNO4S/c1-3-31-21(26)18-9-15(5-7-19(18)32-17-8-14(22)11-23-12-17)24-33(29,30)20-10-16(25(27)28)6-4-13(20)2;1-2-19-14(18)12-6-10(16)3-4-13(12)20-11-5-9(15)7-17-8-11;1-5-2-3-6(9(10)11)4-7(5)14(8,12)13/h4-12,24H,3H2,1-2H3;3-8H,2,16H2,1H3;2-4H,1H3. The largest absolute Gasteiger partial charge is 0.462 e. The number of non-ortho nitro benzene ring substituents is 2. The maximum atomic E-state index is 12.9. The third-order valence-electron chi connectivity index (χ3n) is 8.36. The summed E-state index contributed by atoms with van der Waals surface area (Å²) in [6.45, 7) is 6.73. The third-order valence-corrected chi connectivity index (χ3v) is 11.8. The van der Waals surface area contributed by atoms with Gasteiger partial charge in [0.15, 0.2) is 0 Å². The van der Waals surface area contributed by atoms with Crippen LogP contribution in [0.2, 0.25) is 10.0 Å². The van der Waals surface area contributed by atoms with Crippen LogP contribution in [0.5, 0.6) is 23.0 Å². The molecule has 0 atom stereocenters. The molecule has 0 fully saturated rings. The lowest BCUT2D eigenvalue weighted by Crippen LogP contribution is -2.15. The smallest absolute Gasteiger partial charge is 0.342 e. The average Bonchev–Trinajstić information content (AvgIpc) is 3.25. The van der Waals surface area contributed by atoms with Gasteiger partial charge in [0, 0.05) is 70.8 Å². The van der Waals surface area contributed by atoms with E-state index in [-0.39, 0.29) is 62.7 Å². The molecule has 0 unspecified atom stereocenters. The van der Waals surface area contributed by atoms with Gasteiger partial charge in [-0.1, -0.05) is 35.3 Å². The van der Waals surface area contributed by atoms with E-state index >= 15 is 0 Å². The second-order valence-electron chi connectivity index (χ2n) is 13.2. The van der Waals surface area contributed by atoms with Crippen LogP contribution in [0, 0.1) is 34.1 Å². The summed E-state index contributed by atoms with van der Waals surface area (Å²) in [6.07, 6.45) is 5.79. The number of carbonyl (C=O) groups is 2. The Kier molecular flexibility index (Phi) is 18.3. The highest BCUT2D eigenvalue weighted by molar-refractivity contribution is 8.13. The van der Waals surface area contributed by atoms with E-state index in [0.29, 0.717) is 38.4 Å². The van der Waals surface area contributed by atoms with E-state index in [0.717, 1.165) is 12.1 Å². The van der Waals surface area contributed by atoms with Gasteiger partial charge >= 0.3 is 11.9 Å². The number of halogens is 3. The Labute approximate surface area is 397 Å². The summed E-state index contributed by atoms with van der Waals surface area (Å²) in [6, 6.07) is 18.9. The van der Waals surface area contributed by atoms with Crippen LogP contribution in [0.3, 0.4) is 0 Å². The summed E-state index contributed by atoms with van der Waals surface area (Å²) >= 11 is 11.7. The van der Waals surface area contributed by atoms with Crippen molar-refractivity contribution in [2.75, 3.05) is 23.7 Å². The summed E-state index contributed by atoms with van der Waals surface area (Å²) in [5.41, 5.74) is 6.39. The molecule has 2 aromatic heterocycles. The van der Waals surface area contributed by atoms with Gasteiger partial charge in [-0.05, 0) is 75.2 Å². The third kappa shape index (κ3) is 15.2. The van der Waals surface area contributed by atoms with Crippen molar-refractivity contribution in [1.29, 1.82) is 0 Å². The number of aromatic nitrogens is 2. The maximum absolute atomic E-state index is 12.9. The molecule has 0 aliphatic carbocycles. The first-order valence-electron chi connectivity index (χ1n) is 18.9. The molecule has 67 heavy (non-hydrogen) atoms. The van der Waals surface area contributed by atoms with E-state index in [2.05, 4.69) is 14.7 Å². The van der Waals surface area contributed by atoms with Gasteiger partial charge in [0.2, 0.25) is 0 Å². The molecule has 20 nitrogen and oxygen atoms in total. The zero-order valence-corrected chi connectivity index (χ0v) is 39.2. The number of ether oxygens (including phenoxy) is 4. The Balaban J connectivity index is 0.000000244.